The fourth-order valence-electron chi connectivity index (χ4n) is 1.80. The van der Waals surface area contributed by atoms with E-state index in [0.29, 0.717) is 5.92 Å². The largest absolute Gasteiger partial charge is 0.508 e. The molecule has 1 nitrogen and oxygen atoms in total. The molecule has 2 aliphatic carbocycles. The Balaban J connectivity index is 0.000000606. The van der Waals surface area contributed by atoms with E-state index in [-0.39, 0.29) is 5.76 Å². The summed E-state index contributed by atoms with van der Waals surface area (Å²) in [6, 6.07) is 0. The van der Waals surface area contributed by atoms with Crippen molar-refractivity contribution in [3.63, 3.8) is 0 Å². The Morgan fingerprint density at radius 1 is 1.25 bits per heavy atom. The van der Waals surface area contributed by atoms with Crippen LogP contribution in [0.3, 0.4) is 0 Å². The average molecular weight is 216 g/mol. The second-order valence-electron chi connectivity index (χ2n) is 3.71. The quantitative estimate of drug-likeness (QED) is 0.641. The van der Waals surface area contributed by atoms with Crippen molar-refractivity contribution in [3.05, 3.63) is 59.9 Å². The van der Waals surface area contributed by atoms with E-state index in [1.807, 2.05) is 26.0 Å². The summed E-state index contributed by atoms with van der Waals surface area (Å²) in [6.45, 7) is 7.55. The van der Waals surface area contributed by atoms with Gasteiger partial charge in [-0.05, 0) is 24.3 Å². The molecule has 86 valence electrons. The van der Waals surface area contributed by atoms with E-state index in [9.17, 15) is 5.11 Å². The predicted octanol–water partition coefficient (Wildman–Crippen LogP) is 4.47. The molecule has 0 amide bonds. The summed E-state index contributed by atoms with van der Waals surface area (Å²) >= 11 is 0. The van der Waals surface area contributed by atoms with Gasteiger partial charge in [0, 0.05) is 5.57 Å². The maximum Gasteiger partial charge on any atom is 0.115 e. The first kappa shape index (κ1) is 12.6. The summed E-state index contributed by atoms with van der Waals surface area (Å²) in [4.78, 5) is 0. The van der Waals surface area contributed by atoms with Crippen molar-refractivity contribution >= 4 is 0 Å². The van der Waals surface area contributed by atoms with E-state index < -0.39 is 0 Å². The molecule has 2 bridgehead atoms. The average Bonchev–Trinajstić information content (AvgIpc) is 2.64. The lowest BCUT2D eigenvalue weighted by Gasteiger charge is -2.05. The minimum absolute atomic E-state index is 0.158. The lowest BCUT2D eigenvalue weighted by molar-refractivity contribution is 0.428. The van der Waals surface area contributed by atoms with Crippen LogP contribution in [0.2, 0.25) is 0 Å². The van der Waals surface area contributed by atoms with Gasteiger partial charge in [0.15, 0.2) is 0 Å². The third kappa shape index (κ3) is 3.27. The summed E-state index contributed by atoms with van der Waals surface area (Å²) in [6.07, 6.45) is 14.8. The number of aliphatic hydroxyl groups is 1. The van der Waals surface area contributed by atoms with Crippen molar-refractivity contribution in [2.45, 2.75) is 26.7 Å². The van der Waals surface area contributed by atoms with Crippen molar-refractivity contribution in [1.29, 1.82) is 0 Å². The van der Waals surface area contributed by atoms with Gasteiger partial charge in [-0.3, -0.25) is 0 Å². The first-order valence-corrected chi connectivity index (χ1v) is 5.92. The molecule has 0 aromatic heterocycles. The Kier molecular flexibility index (Phi) is 4.84. The molecule has 0 fully saturated rings. The SMILES string of the molecule is C=C(O)C1=CC2C=C(C=CCC2)C=C1.CC. The zero-order valence-corrected chi connectivity index (χ0v) is 10.1. The highest BCUT2D eigenvalue weighted by Gasteiger charge is 2.10. The highest BCUT2D eigenvalue weighted by atomic mass is 16.3. The Hall–Kier alpha value is -1.50. The van der Waals surface area contributed by atoms with Crippen molar-refractivity contribution in [2.24, 2.45) is 5.92 Å². The summed E-state index contributed by atoms with van der Waals surface area (Å²) in [5.41, 5.74) is 2.07. The molecular weight excluding hydrogens is 196 g/mol. The van der Waals surface area contributed by atoms with Gasteiger partial charge >= 0.3 is 0 Å². The molecule has 0 spiro atoms. The van der Waals surface area contributed by atoms with Gasteiger partial charge in [-0.25, -0.2) is 0 Å². The van der Waals surface area contributed by atoms with Crippen LogP contribution in [0.1, 0.15) is 26.7 Å². The highest BCUT2D eigenvalue weighted by molar-refractivity contribution is 5.45. The van der Waals surface area contributed by atoms with E-state index in [2.05, 4.69) is 30.9 Å². The Morgan fingerprint density at radius 3 is 2.69 bits per heavy atom. The van der Waals surface area contributed by atoms with Crippen LogP contribution < -0.4 is 0 Å². The predicted molar refractivity (Wildman–Crippen MR) is 70.3 cm³/mol. The molecule has 0 aliphatic heterocycles. The van der Waals surface area contributed by atoms with E-state index in [4.69, 9.17) is 0 Å². The van der Waals surface area contributed by atoms with Crippen LogP contribution in [0.4, 0.5) is 0 Å². The second kappa shape index (κ2) is 6.16. The Labute approximate surface area is 98.2 Å². The molecule has 1 unspecified atom stereocenters. The molecule has 0 saturated carbocycles. The van der Waals surface area contributed by atoms with E-state index >= 15 is 0 Å². The standard InChI is InChI=1S/C13H14O.C2H6/c1-10(14)13-7-6-11-4-2-3-5-12(8-11)9-13;1-2/h2,4,6-9,12,14H,1,3,5H2;1-2H3. The summed E-state index contributed by atoms with van der Waals surface area (Å²) in [5, 5.41) is 9.34. The van der Waals surface area contributed by atoms with Gasteiger partial charge < -0.3 is 5.11 Å². The van der Waals surface area contributed by atoms with Crippen LogP contribution in [0.5, 0.6) is 0 Å². The number of aliphatic hydroxyl groups excluding tert-OH is 1. The summed E-state index contributed by atoms with van der Waals surface area (Å²) < 4.78 is 0. The Morgan fingerprint density at radius 2 is 2.00 bits per heavy atom. The van der Waals surface area contributed by atoms with Crippen LogP contribution in [0.15, 0.2) is 59.9 Å². The van der Waals surface area contributed by atoms with Gasteiger partial charge in [0.2, 0.25) is 0 Å². The molecule has 0 aromatic rings. The third-order valence-corrected chi connectivity index (χ3v) is 2.57. The van der Waals surface area contributed by atoms with Crippen molar-refractivity contribution in [3.8, 4) is 0 Å². The number of allylic oxidation sites excluding steroid dienone is 7. The first-order valence-electron chi connectivity index (χ1n) is 5.92. The Bertz CT molecular complexity index is 367. The molecule has 0 saturated heterocycles. The summed E-state index contributed by atoms with van der Waals surface area (Å²) in [5.74, 6) is 0.583. The zero-order chi connectivity index (χ0) is 12.0. The second-order valence-corrected chi connectivity index (χ2v) is 3.71. The van der Waals surface area contributed by atoms with Gasteiger partial charge in [-0.1, -0.05) is 56.9 Å². The minimum atomic E-state index is 0.158. The third-order valence-electron chi connectivity index (χ3n) is 2.57. The number of fused-ring (bicyclic) bond motifs is 1. The van der Waals surface area contributed by atoms with Crippen LogP contribution in [0.25, 0.3) is 0 Å². The van der Waals surface area contributed by atoms with Gasteiger partial charge in [0.25, 0.3) is 0 Å². The summed E-state index contributed by atoms with van der Waals surface area (Å²) in [7, 11) is 0. The minimum Gasteiger partial charge on any atom is -0.508 e. The fourth-order valence-corrected chi connectivity index (χ4v) is 1.80. The van der Waals surface area contributed by atoms with Crippen LogP contribution in [0, 0.1) is 5.92 Å². The molecular formula is C15H20O. The fraction of sp³-hybridized carbons (Fsp3) is 0.333. The topological polar surface area (TPSA) is 20.2 Å². The maximum absolute atomic E-state index is 9.34. The van der Waals surface area contributed by atoms with Gasteiger partial charge in [0.1, 0.15) is 5.76 Å². The lowest BCUT2D eigenvalue weighted by atomic mass is 10.0. The molecule has 0 aromatic carbocycles. The highest BCUT2D eigenvalue weighted by Crippen LogP contribution is 2.25. The molecule has 16 heavy (non-hydrogen) atoms. The number of hydrogen-bond acceptors (Lipinski definition) is 1. The van der Waals surface area contributed by atoms with E-state index in [1.54, 1.807) is 0 Å². The molecule has 0 heterocycles. The number of rotatable bonds is 1. The smallest absolute Gasteiger partial charge is 0.115 e. The van der Waals surface area contributed by atoms with Crippen molar-refractivity contribution in [2.75, 3.05) is 0 Å². The van der Waals surface area contributed by atoms with E-state index in [1.165, 1.54) is 5.57 Å². The first-order chi connectivity index (χ1) is 7.75. The molecule has 2 aliphatic rings. The van der Waals surface area contributed by atoms with Crippen LogP contribution in [-0.4, -0.2) is 5.11 Å². The van der Waals surface area contributed by atoms with Crippen molar-refractivity contribution < 1.29 is 5.11 Å². The maximum atomic E-state index is 9.34. The monoisotopic (exact) mass is 216 g/mol. The van der Waals surface area contributed by atoms with Crippen molar-refractivity contribution in [1.82, 2.24) is 0 Å². The molecule has 1 heteroatoms. The number of hydrogen-bond donors (Lipinski definition) is 1. The molecule has 0 radical (unpaired) electrons. The van der Waals surface area contributed by atoms with E-state index in [0.717, 1.165) is 18.4 Å². The molecule has 1 N–H and O–H groups in total. The van der Waals surface area contributed by atoms with Gasteiger partial charge in [0.05, 0.1) is 0 Å². The lowest BCUT2D eigenvalue weighted by Crippen LogP contribution is -1.93. The van der Waals surface area contributed by atoms with Gasteiger partial charge in [-0.15, -0.1) is 0 Å². The normalized spacial score (nSPS) is 22.0. The molecule has 2 rings (SSSR count). The van der Waals surface area contributed by atoms with Crippen LogP contribution >= 0.6 is 0 Å². The molecule has 1 atom stereocenters. The van der Waals surface area contributed by atoms with Crippen LogP contribution in [-0.2, 0) is 0 Å². The zero-order valence-electron chi connectivity index (χ0n) is 10.1. The van der Waals surface area contributed by atoms with Gasteiger partial charge in [-0.2, -0.15) is 0 Å².